The molecule has 1 aromatic heterocycles. The SMILES string of the molecule is Cc1cccc(OCCNCc2nccn2C(F)F)c1. The number of aromatic nitrogens is 2. The summed E-state index contributed by atoms with van der Waals surface area (Å²) in [5.74, 6) is 1.12. The van der Waals surface area contributed by atoms with Crippen LogP contribution in [0.5, 0.6) is 5.75 Å². The van der Waals surface area contributed by atoms with Crippen molar-refractivity contribution in [3.63, 3.8) is 0 Å². The molecule has 0 saturated heterocycles. The van der Waals surface area contributed by atoms with E-state index >= 15 is 0 Å². The predicted octanol–water partition coefficient (Wildman–Crippen LogP) is 2.76. The van der Waals surface area contributed by atoms with Gasteiger partial charge >= 0.3 is 6.55 Å². The summed E-state index contributed by atoms with van der Waals surface area (Å²) >= 11 is 0. The fourth-order valence-corrected chi connectivity index (χ4v) is 1.80. The van der Waals surface area contributed by atoms with Crippen LogP contribution in [0.4, 0.5) is 8.78 Å². The number of ether oxygens (including phenoxy) is 1. The van der Waals surface area contributed by atoms with E-state index in [1.54, 1.807) is 0 Å². The van der Waals surface area contributed by atoms with Gasteiger partial charge in [0.15, 0.2) is 0 Å². The number of hydrogen-bond acceptors (Lipinski definition) is 3. The first-order valence-corrected chi connectivity index (χ1v) is 6.37. The van der Waals surface area contributed by atoms with E-state index in [-0.39, 0.29) is 6.54 Å². The molecule has 0 aliphatic heterocycles. The molecular formula is C14H17F2N3O. The van der Waals surface area contributed by atoms with Gasteiger partial charge in [0.25, 0.3) is 0 Å². The monoisotopic (exact) mass is 281 g/mol. The zero-order valence-electron chi connectivity index (χ0n) is 11.2. The first-order valence-electron chi connectivity index (χ1n) is 6.37. The van der Waals surface area contributed by atoms with Gasteiger partial charge in [-0.3, -0.25) is 4.57 Å². The van der Waals surface area contributed by atoms with Gasteiger partial charge in [-0.25, -0.2) is 4.98 Å². The maximum atomic E-state index is 12.6. The summed E-state index contributed by atoms with van der Waals surface area (Å²) in [7, 11) is 0. The first-order chi connectivity index (χ1) is 9.66. The number of imidazole rings is 1. The maximum Gasteiger partial charge on any atom is 0.319 e. The van der Waals surface area contributed by atoms with E-state index in [0.29, 0.717) is 19.0 Å². The zero-order valence-corrected chi connectivity index (χ0v) is 11.2. The van der Waals surface area contributed by atoms with Crippen LogP contribution < -0.4 is 10.1 Å². The number of rotatable bonds is 7. The molecule has 0 radical (unpaired) electrons. The van der Waals surface area contributed by atoms with Gasteiger partial charge in [-0.05, 0) is 24.6 Å². The number of aryl methyl sites for hydroxylation is 1. The van der Waals surface area contributed by atoms with Crippen molar-refractivity contribution in [1.82, 2.24) is 14.9 Å². The lowest BCUT2D eigenvalue weighted by molar-refractivity contribution is 0.0666. The maximum absolute atomic E-state index is 12.6. The molecule has 4 nitrogen and oxygen atoms in total. The Kier molecular flexibility index (Phi) is 5.06. The van der Waals surface area contributed by atoms with Crippen LogP contribution in [0.2, 0.25) is 0 Å². The Morgan fingerprint density at radius 1 is 1.40 bits per heavy atom. The molecule has 0 aliphatic carbocycles. The molecule has 0 aliphatic rings. The van der Waals surface area contributed by atoms with Crippen LogP contribution in [0.1, 0.15) is 17.9 Å². The van der Waals surface area contributed by atoms with Gasteiger partial charge in [0.1, 0.15) is 18.2 Å². The third-order valence-electron chi connectivity index (χ3n) is 2.78. The van der Waals surface area contributed by atoms with E-state index < -0.39 is 6.55 Å². The van der Waals surface area contributed by atoms with Crippen molar-refractivity contribution in [3.8, 4) is 5.75 Å². The number of nitrogens with zero attached hydrogens (tertiary/aromatic N) is 2. The molecule has 2 rings (SSSR count). The molecule has 1 aromatic carbocycles. The highest BCUT2D eigenvalue weighted by atomic mass is 19.3. The molecule has 6 heteroatoms. The second-order valence-corrected chi connectivity index (χ2v) is 4.37. The van der Waals surface area contributed by atoms with Crippen molar-refractivity contribution in [3.05, 3.63) is 48.0 Å². The van der Waals surface area contributed by atoms with E-state index in [1.807, 2.05) is 31.2 Å². The van der Waals surface area contributed by atoms with Crippen LogP contribution in [-0.2, 0) is 6.54 Å². The average Bonchev–Trinajstić information content (AvgIpc) is 2.87. The third kappa shape index (κ3) is 4.03. The van der Waals surface area contributed by atoms with Crippen molar-refractivity contribution in [2.75, 3.05) is 13.2 Å². The Morgan fingerprint density at radius 3 is 3.00 bits per heavy atom. The summed E-state index contributed by atoms with van der Waals surface area (Å²) < 4.78 is 31.5. The molecule has 0 spiro atoms. The van der Waals surface area contributed by atoms with Crippen LogP contribution >= 0.6 is 0 Å². The third-order valence-corrected chi connectivity index (χ3v) is 2.78. The van der Waals surface area contributed by atoms with Crippen molar-refractivity contribution in [2.24, 2.45) is 0 Å². The number of alkyl halides is 2. The van der Waals surface area contributed by atoms with E-state index in [4.69, 9.17) is 4.74 Å². The number of nitrogens with one attached hydrogen (secondary N) is 1. The molecule has 0 bridgehead atoms. The summed E-state index contributed by atoms with van der Waals surface area (Å²) in [4.78, 5) is 3.88. The molecule has 1 N–H and O–H groups in total. The first kappa shape index (κ1) is 14.5. The van der Waals surface area contributed by atoms with Crippen LogP contribution in [0.25, 0.3) is 0 Å². The fraction of sp³-hybridized carbons (Fsp3) is 0.357. The van der Waals surface area contributed by atoms with Crippen molar-refractivity contribution < 1.29 is 13.5 Å². The minimum atomic E-state index is -2.56. The fourth-order valence-electron chi connectivity index (χ4n) is 1.80. The molecule has 0 saturated carbocycles. The standard InChI is InChI=1S/C14H17F2N3O/c1-11-3-2-4-12(9-11)20-8-6-17-10-13-18-5-7-19(13)14(15)16/h2-5,7,9,14,17H,6,8,10H2,1H3. The van der Waals surface area contributed by atoms with Gasteiger partial charge in [-0.2, -0.15) is 8.78 Å². The molecule has 0 atom stereocenters. The second kappa shape index (κ2) is 7.00. The van der Waals surface area contributed by atoms with Crippen LogP contribution in [0.15, 0.2) is 36.7 Å². The van der Waals surface area contributed by atoms with Gasteiger partial charge in [0, 0.05) is 18.9 Å². The van der Waals surface area contributed by atoms with E-state index in [1.165, 1.54) is 12.4 Å². The molecular weight excluding hydrogens is 264 g/mol. The summed E-state index contributed by atoms with van der Waals surface area (Å²) in [6, 6.07) is 7.76. The largest absolute Gasteiger partial charge is 0.492 e. The van der Waals surface area contributed by atoms with Crippen molar-refractivity contribution in [2.45, 2.75) is 20.0 Å². The predicted molar refractivity (Wildman–Crippen MR) is 71.9 cm³/mol. The Balaban J connectivity index is 1.70. The normalized spacial score (nSPS) is 11.0. The van der Waals surface area contributed by atoms with E-state index in [2.05, 4.69) is 10.3 Å². The second-order valence-electron chi connectivity index (χ2n) is 4.37. The Morgan fingerprint density at radius 2 is 2.25 bits per heavy atom. The minimum absolute atomic E-state index is 0.286. The Bertz CT molecular complexity index is 543. The summed E-state index contributed by atoms with van der Waals surface area (Å²) in [5, 5.41) is 3.03. The van der Waals surface area contributed by atoms with Gasteiger partial charge in [-0.15, -0.1) is 0 Å². The lowest BCUT2D eigenvalue weighted by Crippen LogP contribution is -2.22. The lowest BCUT2D eigenvalue weighted by Gasteiger charge is -2.09. The van der Waals surface area contributed by atoms with E-state index in [9.17, 15) is 8.78 Å². The highest BCUT2D eigenvalue weighted by Crippen LogP contribution is 2.13. The molecule has 2 aromatic rings. The number of benzene rings is 1. The highest BCUT2D eigenvalue weighted by molar-refractivity contribution is 5.27. The number of hydrogen-bond donors (Lipinski definition) is 1. The van der Waals surface area contributed by atoms with Crippen LogP contribution in [-0.4, -0.2) is 22.7 Å². The Hall–Kier alpha value is -1.95. The topological polar surface area (TPSA) is 39.1 Å². The summed E-state index contributed by atoms with van der Waals surface area (Å²) in [6.45, 7) is 0.755. The summed E-state index contributed by atoms with van der Waals surface area (Å²) in [5.41, 5.74) is 1.13. The van der Waals surface area contributed by atoms with Crippen LogP contribution in [0.3, 0.4) is 0 Å². The van der Waals surface area contributed by atoms with Crippen LogP contribution in [0, 0.1) is 6.92 Å². The van der Waals surface area contributed by atoms with Gasteiger partial charge < -0.3 is 10.1 Å². The van der Waals surface area contributed by atoms with E-state index in [0.717, 1.165) is 15.9 Å². The highest BCUT2D eigenvalue weighted by Gasteiger charge is 2.10. The lowest BCUT2D eigenvalue weighted by atomic mass is 10.2. The molecule has 0 fully saturated rings. The Labute approximate surface area is 116 Å². The van der Waals surface area contributed by atoms with Crippen molar-refractivity contribution >= 4 is 0 Å². The van der Waals surface area contributed by atoms with Crippen molar-refractivity contribution in [1.29, 1.82) is 0 Å². The molecule has 20 heavy (non-hydrogen) atoms. The number of halogens is 2. The van der Waals surface area contributed by atoms with Gasteiger partial charge in [0.05, 0.1) is 6.54 Å². The van der Waals surface area contributed by atoms with Gasteiger partial charge in [0.2, 0.25) is 0 Å². The minimum Gasteiger partial charge on any atom is -0.492 e. The quantitative estimate of drug-likeness (QED) is 0.793. The molecule has 1 heterocycles. The van der Waals surface area contributed by atoms with Gasteiger partial charge in [-0.1, -0.05) is 12.1 Å². The molecule has 0 unspecified atom stereocenters. The molecule has 0 amide bonds. The smallest absolute Gasteiger partial charge is 0.319 e. The average molecular weight is 281 g/mol. The summed E-state index contributed by atoms with van der Waals surface area (Å²) in [6.07, 6.45) is 2.64. The zero-order chi connectivity index (χ0) is 14.4. The molecule has 108 valence electrons.